The average molecular weight is 305 g/mol. The third-order valence-corrected chi connectivity index (χ3v) is 3.21. The van der Waals surface area contributed by atoms with Gasteiger partial charge in [0.1, 0.15) is 6.61 Å². The molecule has 1 N–H and O–H groups in total. The molecule has 1 unspecified atom stereocenters. The van der Waals surface area contributed by atoms with Crippen molar-refractivity contribution in [2.24, 2.45) is 5.92 Å². The molecule has 7 nitrogen and oxygen atoms in total. The fraction of sp³-hybridized carbons (Fsp3) is 0.750. The van der Waals surface area contributed by atoms with Gasteiger partial charge < -0.3 is 19.5 Å². The van der Waals surface area contributed by atoms with Crippen molar-refractivity contribution in [3.8, 4) is 0 Å². The molecule has 1 amide bonds. The van der Waals surface area contributed by atoms with Crippen molar-refractivity contribution >= 4 is 18.3 Å². The zero-order valence-corrected chi connectivity index (χ0v) is 12.6. The van der Waals surface area contributed by atoms with Crippen molar-refractivity contribution in [2.75, 3.05) is 26.7 Å². The number of halogens is 1. The summed E-state index contributed by atoms with van der Waals surface area (Å²) in [6, 6.07) is 0. The van der Waals surface area contributed by atoms with Gasteiger partial charge in [-0.05, 0) is 19.9 Å². The van der Waals surface area contributed by atoms with Gasteiger partial charge in [-0.1, -0.05) is 5.16 Å². The summed E-state index contributed by atoms with van der Waals surface area (Å²) >= 11 is 0. The Hall–Kier alpha value is -1.18. The Morgan fingerprint density at radius 1 is 1.60 bits per heavy atom. The smallest absolute Gasteiger partial charge is 0.246 e. The first-order chi connectivity index (χ1) is 9.24. The van der Waals surface area contributed by atoms with Crippen LogP contribution in [0, 0.1) is 5.92 Å². The molecule has 0 radical (unpaired) electrons. The molecule has 8 heteroatoms. The lowest BCUT2D eigenvalue weighted by atomic mass is 10.1. The number of hydrogen-bond donors (Lipinski definition) is 1. The molecule has 1 aromatic heterocycles. The summed E-state index contributed by atoms with van der Waals surface area (Å²) in [6.45, 7) is 4.93. The van der Waals surface area contributed by atoms with Gasteiger partial charge >= 0.3 is 0 Å². The van der Waals surface area contributed by atoms with Gasteiger partial charge in [0.15, 0.2) is 5.82 Å². The lowest BCUT2D eigenvalue weighted by Crippen LogP contribution is -2.36. The zero-order valence-electron chi connectivity index (χ0n) is 11.8. The number of aromatic nitrogens is 2. The maximum atomic E-state index is 12.3. The van der Waals surface area contributed by atoms with Crippen LogP contribution in [0.15, 0.2) is 4.52 Å². The van der Waals surface area contributed by atoms with E-state index in [4.69, 9.17) is 9.26 Å². The molecule has 2 heterocycles. The number of carbonyl (C=O) groups is 1. The number of carbonyl (C=O) groups excluding carboxylic acids is 1. The topological polar surface area (TPSA) is 80.5 Å². The molecule has 0 aromatic carbocycles. The van der Waals surface area contributed by atoms with Crippen molar-refractivity contribution in [1.29, 1.82) is 0 Å². The van der Waals surface area contributed by atoms with E-state index in [0.717, 1.165) is 19.5 Å². The van der Waals surface area contributed by atoms with Crippen LogP contribution in [-0.4, -0.2) is 47.7 Å². The maximum Gasteiger partial charge on any atom is 0.246 e. The van der Waals surface area contributed by atoms with Gasteiger partial charge in [0.05, 0.1) is 12.5 Å². The zero-order chi connectivity index (χ0) is 13.7. The first-order valence-corrected chi connectivity index (χ1v) is 6.54. The van der Waals surface area contributed by atoms with Crippen molar-refractivity contribution in [3.05, 3.63) is 11.7 Å². The first-order valence-electron chi connectivity index (χ1n) is 6.54. The summed E-state index contributed by atoms with van der Waals surface area (Å²) in [5.41, 5.74) is 0. The van der Waals surface area contributed by atoms with E-state index in [-0.39, 0.29) is 24.2 Å². The third-order valence-electron chi connectivity index (χ3n) is 3.21. The molecule has 1 aliphatic heterocycles. The van der Waals surface area contributed by atoms with E-state index in [2.05, 4.69) is 15.5 Å². The molecule has 114 valence electrons. The second-order valence-electron chi connectivity index (χ2n) is 4.58. The molecule has 1 aromatic rings. The molecule has 0 spiro atoms. The number of amides is 1. The fourth-order valence-corrected chi connectivity index (χ4v) is 2.17. The first kappa shape index (κ1) is 16.9. The minimum absolute atomic E-state index is 0. The molecular formula is C12H21ClN4O3. The quantitative estimate of drug-likeness (QED) is 0.829. The van der Waals surface area contributed by atoms with Crippen molar-refractivity contribution in [2.45, 2.75) is 26.5 Å². The Bertz CT molecular complexity index is 421. The maximum absolute atomic E-state index is 12.3. The van der Waals surface area contributed by atoms with E-state index in [9.17, 15) is 4.79 Å². The Labute approximate surface area is 124 Å². The van der Waals surface area contributed by atoms with E-state index in [1.165, 1.54) is 0 Å². The molecule has 0 aliphatic carbocycles. The predicted octanol–water partition coefficient (Wildman–Crippen LogP) is 0.596. The lowest BCUT2D eigenvalue weighted by molar-refractivity contribution is -0.135. The van der Waals surface area contributed by atoms with E-state index < -0.39 is 0 Å². The van der Waals surface area contributed by atoms with E-state index in [1.54, 1.807) is 12.0 Å². The van der Waals surface area contributed by atoms with Crippen LogP contribution in [0.3, 0.4) is 0 Å². The number of nitrogens with zero attached hydrogens (tertiary/aromatic N) is 3. The molecule has 0 bridgehead atoms. The highest BCUT2D eigenvalue weighted by atomic mass is 35.5. The van der Waals surface area contributed by atoms with Gasteiger partial charge in [-0.15, -0.1) is 12.4 Å². The van der Waals surface area contributed by atoms with E-state index in [0.29, 0.717) is 31.4 Å². The van der Waals surface area contributed by atoms with Gasteiger partial charge in [-0.3, -0.25) is 4.79 Å². The molecule has 2 rings (SSSR count). The summed E-state index contributed by atoms with van der Waals surface area (Å²) in [6.07, 6.45) is 0.897. The minimum atomic E-state index is 0. The van der Waals surface area contributed by atoms with Crippen LogP contribution in [0.4, 0.5) is 0 Å². The van der Waals surface area contributed by atoms with Crippen molar-refractivity contribution < 1.29 is 14.1 Å². The van der Waals surface area contributed by atoms with Gasteiger partial charge in [-0.2, -0.15) is 4.98 Å². The van der Waals surface area contributed by atoms with Crippen LogP contribution in [0.1, 0.15) is 25.1 Å². The highest BCUT2D eigenvalue weighted by Crippen LogP contribution is 2.13. The lowest BCUT2D eigenvalue weighted by Gasteiger charge is -2.22. The van der Waals surface area contributed by atoms with Crippen LogP contribution in [0.25, 0.3) is 0 Å². The molecule has 1 aliphatic rings. The highest BCUT2D eigenvalue weighted by molar-refractivity contribution is 5.85. The summed E-state index contributed by atoms with van der Waals surface area (Å²) in [5, 5.41) is 6.99. The third kappa shape index (κ3) is 4.16. The van der Waals surface area contributed by atoms with E-state index in [1.807, 2.05) is 6.92 Å². The van der Waals surface area contributed by atoms with Gasteiger partial charge in [0.25, 0.3) is 0 Å². The molecule has 1 atom stereocenters. The second-order valence-corrected chi connectivity index (χ2v) is 4.58. The molecule has 0 saturated carbocycles. The number of ether oxygens (including phenoxy) is 1. The molecule has 1 saturated heterocycles. The van der Waals surface area contributed by atoms with Crippen molar-refractivity contribution in [1.82, 2.24) is 20.4 Å². The van der Waals surface area contributed by atoms with Crippen LogP contribution >= 0.6 is 12.4 Å². The normalized spacial score (nSPS) is 17.8. The Balaban J connectivity index is 0.00000200. The Morgan fingerprint density at radius 2 is 2.40 bits per heavy atom. The average Bonchev–Trinajstić information content (AvgIpc) is 3.07. The van der Waals surface area contributed by atoms with Crippen molar-refractivity contribution in [3.63, 3.8) is 0 Å². The summed E-state index contributed by atoms with van der Waals surface area (Å²) in [7, 11) is 1.57. The van der Waals surface area contributed by atoms with E-state index >= 15 is 0 Å². The SMILES string of the molecule is CCN(Cc1nc(COC)no1)C(=O)C1CCNC1.Cl. The molecular weight excluding hydrogens is 284 g/mol. The summed E-state index contributed by atoms with van der Waals surface area (Å²) in [4.78, 5) is 18.2. The second kappa shape index (κ2) is 8.18. The van der Waals surface area contributed by atoms with Crippen LogP contribution in [0.5, 0.6) is 0 Å². The fourth-order valence-electron chi connectivity index (χ4n) is 2.17. The summed E-state index contributed by atoms with van der Waals surface area (Å²) < 4.78 is 10.0. The Kier molecular flexibility index (Phi) is 6.90. The van der Waals surface area contributed by atoms with Crippen LogP contribution < -0.4 is 5.32 Å². The standard InChI is InChI=1S/C12H20N4O3.ClH/c1-3-16(12(17)9-4-5-13-6-9)7-11-14-10(8-18-2)15-19-11;/h9,13H,3-8H2,1-2H3;1H. The molecule has 20 heavy (non-hydrogen) atoms. The van der Waals surface area contributed by atoms with Gasteiger partial charge in [0.2, 0.25) is 11.8 Å². The number of methoxy groups -OCH3 is 1. The Morgan fingerprint density at radius 3 is 3.00 bits per heavy atom. The molecule has 1 fully saturated rings. The monoisotopic (exact) mass is 304 g/mol. The van der Waals surface area contributed by atoms with Gasteiger partial charge in [0, 0.05) is 20.2 Å². The summed E-state index contributed by atoms with van der Waals surface area (Å²) in [5.74, 6) is 1.18. The highest BCUT2D eigenvalue weighted by Gasteiger charge is 2.27. The van der Waals surface area contributed by atoms with Crippen LogP contribution in [-0.2, 0) is 22.7 Å². The van der Waals surface area contributed by atoms with Gasteiger partial charge in [-0.25, -0.2) is 0 Å². The number of nitrogens with one attached hydrogen (secondary N) is 1. The number of rotatable bonds is 6. The number of hydrogen-bond acceptors (Lipinski definition) is 6. The predicted molar refractivity (Wildman–Crippen MR) is 74.3 cm³/mol. The largest absolute Gasteiger partial charge is 0.377 e. The minimum Gasteiger partial charge on any atom is -0.377 e. The van der Waals surface area contributed by atoms with Crippen LogP contribution in [0.2, 0.25) is 0 Å².